The molecule has 0 aliphatic heterocycles. The molecule has 0 bridgehead atoms. The number of benzene rings is 1. The lowest BCUT2D eigenvalue weighted by atomic mass is 9.69. The van der Waals surface area contributed by atoms with Crippen molar-refractivity contribution >= 4 is 23.2 Å². The summed E-state index contributed by atoms with van der Waals surface area (Å²) >= 11 is 11.7. The van der Waals surface area contributed by atoms with Gasteiger partial charge in [0.05, 0.1) is 10.6 Å². The molecule has 1 fully saturated rings. The third-order valence-corrected chi connectivity index (χ3v) is 4.42. The van der Waals surface area contributed by atoms with Crippen molar-refractivity contribution in [3.63, 3.8) is 0 Å². The molecule has 0 saturated heterocycles. The van der Waals surface area contributed by atoms with Crippen molar-refractivity contribution in [2.24, 2.45) is 5.41 Å². The fraction of sp³-hybridized carbons (Fsp3) is 0.571. The minimum absolute atomic E-state index is 0.0317. The van der Waals surface area contributed by atoms with Crippen LogP contribution in [0.15, 0.2) is 12.1 Å². The molecular weight excluding hydrogens is 274 g/mol. The first-order chi connectivity index (χ1) is 8.23. The smallest absolute Gasteiger partial charge is 0.147 e. The van der Waals surface area contributed by atoms with Crippen molar-refractivity contribution in [3.05, 3.63) is 33.6 Å². The maximum Gasteiger partial charge on any atom is 0.147 e. The SMILES string of the molecule is CC1(C)CCC(O)(c2cc(Cl)cc(Cl)c2F)CC1. The van der Waals surface area contributed by atoms with Crippen LogP contribution in [-0.2, 0) is 5.60 Å². The van der Waals surface area contributed by atoms with Gasteiger partial charge in [0.15, 0.2) is 0 Å². The summed E-state index contributed by atoms with van der Waals surface area (Å²) in [4.78, 5) is 0. The Labute approximate surface area is 117 Å². The molecule has 0 heterocycles. The van der Waals surface area contributed by atoms with Gasteiger partial charge in [-0.2, -0.15) is 0 Å². The van der Waals surface area contributed by atoms with E-state index in [1.165, 1.54) is 12.1 Å². The number of rotatable bonds is 1. The van der Waals surface area contributed by atoms with Crippen LogP contribution in [0.25, 0.3) is 0 Å². The third kappa shape index (κ3) is 2.66. The Hall–Kier alpha value is -0.310. The second-order valence-corrected chi connectivity index (χ2v) is 6.79. The first kappa shape index (κ1) is 14.1. The van der Waals surface area contributed by atoms with E-state index in [0.29, 0.717) is 17.9 Å². The Morgan fingerprint density at radius 1 is 1.11 bits per heavy atom. The summed E-state index contributed by atoms with van der Waals surface area (Å²) in [5, 5.41) is 11.0. The molecule has 0 radical (unpaired) electrons. The van der Waals surface area contributed by atoms with E-state index in [1.807, 2.05) is 0 Å². The molecule has 0 spiro atoms. The van der Waals surface area contributed by atoms with Crippen LogP contribution >= 0.6 is 23.2 Å². The average Bonchev–Trinajstić information content (AvgIpc) is 2.28. The largest absolute Gasteiger partial charge is 0.385 e. The van der Waals surface area contributed by atoms with E-state index in [-0.39, 0.29) is 16.0 Å². The van der Waals surface area contributed by atoms with Gasteiger partial charge in [-0.25, -0.2) is 4.39 Å². The summed E-state index contributed by atoms with van der Waals surface area (Å²) in [5.41, 5.74) is -0.713. The fourth-order valence-corrected chi connectivity index (χ4v) is 3.00. The summed E-state index contributed by atoms with van der Waals surface area (Å²) in [5.74, 6) is -0.553. The highest BCUT2D eigenvalue weighted by molar-refractivity contribution is 6.34. The normalized spacial score (nSPS) is 21.9. The molecule has 0 atom stereocenters. The van der Waals surface area contributed by atoms with Crippen LogP contribution in [0.2, 0.25) is 10.0 Å². The van der Waals surface area contributed by atoms with Crippen LogP contribution in [0, 0.1) is 11.2 Å². The Bertz CT molecular complexity index is 461. The maximum absolute atomic E-state index is 14.1. The van der Waals surface area contributed by atoms with Crippen molar-refractivity contribution in [2.45, 2.75) is 45.1 Å². The lowest BCUT2D eigenvalue weighted by Gasteiger charge is -2.40. The first-order valence-corrected chi connectivity index (χ1v) is 6.87. The minimum Gasteiger partial charge on any atom is -0.385 e. The zero-order valence-electron chi connectivity index (χ0n) is 10.6. The van der Waals surface area contributed by atoms with Gasteiger partial charge in [-0.3, -0.25) is 0 Å². The molecule has 0 unspecified atom stereocenters. The van der Waals surface area contributed by atoms with Gasteiger partial charge in [-0.1, -0.05) is 37.0 Å². The predicted molar refractivity (Wildman–Crippen MR) is 72.6 cm³/mol. The molecule has 1 saturated carbocycles. The van der Waals surface area contributed by atoms with Crippen LogP contribution in [0.4, 0.5) is 4.39 Å². The van der Waals surface area contributed by atoms with E-state index in [0.717, 1.165) is 12.8 Å². The van der Waals surface area contributed by atoms with Crippen LogP contribution in [-0.4, -0.2) is 5.11 Å². The molecular formula is C14H17Cl2FO. The molecule has 2 rings (SSSR count). The van der Waals surface area contributed by atoms with E-state index in [2.05, 4.69) is 13.8 Å². The monoisotopic (exact) mass is 290 g/mol. The van der Waals surface area contributed by atoms with Crippen molar-refractivity contribution in [1.82, 2.24) is 0 Å². The molecule has 1 aromatic rings. The lowest BCUT2D eigenvalue weighted by molar-refractivity contribution is -0.0331. The summed E-state index contributed by atoms with van der Waals surface area (Å²) in [6, 6.07) is 2.85. The second-order valence-electron chi connectivity index (χ2n) is 5.94. The van der Waals surface area contributed by atoms with Gasteiger partial charge >= 0.3 is 0 Å². The Balaban J connectivity index is 2.37. The van der Waals surface area contributed by atoms with Crippen LogP contribution in [0.1, 0.15) is 45.1 Å². The zero-order chi connectivity index (χ0) is 13.6. The molecule has 4 heteroatoms. The van der Waals surface area contributed by atoms with E-state index >= 15 is 0 Å². The highest BCUT2D eigenvalue weighted by atomic mass is 35.5. The number of aliphatic hydroxyl groups is 1. The summed E-state index contributed by atoms with van der Waals surface area (Å²) < 4.78 is 14.1. The van der Waals surface area contributed by atoms with Crippen LogP contribution < -0.4 is 0 Å². The Kier molecular flexibility index (Phi) is 3.65. The van der Waals surface area contributed by atoms with E-state index < -0.39 is 11.4 Å². The molecule has 1 aromatic carbocycles. The lowest BCUT2D eigenvalue weighted by Crippen LogP contribution is -2.35. The number of hydrogen-bond donors (Lipinski definition) is 1. The fourth-order valence-electron chi connectivity index (χ4n) is 2.50. The molecule has 1 N–H and O–H groups in total. The topological polar surface area (TPSA) is 20.2 Å². The summed E-state index contributed by atoms with van der Waals surface area (Å²) in [6.45, 7) is 4.32. The molecule has 1 nitrogen and oxygen atoms in total. The molecule has 0 aromatic heterocycles. The van der Waals surface area contributed by atoms with Gasteiger partial charge in [-0.15, -0.1) is 0 Å². The van der Waals surface area contributed by atoms with E-state index in [4.69, 9.17) is 23.2 Å². The molecule has 100 valence electrons. The summed E-state index contributed by atoms with van der Waals surface area (Å²) in [6.07, 6.45) is 2.78. The highest BCUT2D eigenvalue weighted by Crippen LogP contribution is 2.46. The Morgan fingerprint density at radius 3 is 2.22 bits per heavy atom. The van der Waals surface area contributed by atoms with Crippen LogP contribution in [0.3, 0.4) is 0 Å². The molecule has 1 aliphatic rings. The van der Waals surface area contributed by atoms with E-state index in [1.54, 1.807) is 0 Å². The third-order valence-electron chi connectivity index (χ3n) is 3.93. The number of hydrogen-bond acceptors (Lipinski definition) is 1. The van der Waals surface area contributed by atoms with Gasteiger partial charge in [0.1, 0.15) is 5.82 Å². The van der Waals surface area contributed by atoms with Crippen LogP contribution in [0.5, 0.6) is 0 Å². The predicted octanol–water partition coefficient (Wildman–Crippen LogP) is 4.92. The standard InChI is InChI=1S/C14H17Cl2FO/c1-13(2)3-5-14(18,6-4-13)10-7-9(15)8-11(16)12(10)17/h7-8,18H,3-6H2,1-2H3. The number of halogens is 3. The van der Waals surface area contributed by atoms with Crippen molar-refractivity contribution in [3.8, 4) is 0 Å². The Morgan fingerprint density at radius 2 is 1.67 bits per heavy atom. The second kappa shape index (κ2) is 4.66. The highest BCUT2D eigenvalue weighted by Gasteiger charge is 2.40. The van der Waals surface area contributed by atoms with E-state index in [9.17, 15) is 9.50 Å². The van der Waals surface area contributed by atoms with Crippen molar-refractivity contribution in [1.29, 1.82) is 0 Å². The molecule has 18 heavy (non-hydrogen) atoms. The molecule has 1 aliphatic carbocycles. The summed E-state index contributed by atoms with van der Waals surface area (Å²) in [7, 11) is 0. The van der Waals surface area contributed by atoms with Crippen molar-refractivity contribution in [2.75, 3.05) is 0 Å². The van der Waals surface area contributed by atoms with Gasteiger partial charge in [0.25, 0.3) is 0 Å². The van der Waals surface area contributed by atoms with Crippen molar-refractivity contribution < 1.29 is 9.50 Å². The average molecular weight is 291 g/mol. The molecule has 0 amide bonds. The van der Waals surface area contributed by atoms with Gasteiger partial charge in [-0.05, 0) is 43.2 Å². The minimum atomic E-state index is -1.14. The zero-order valence-corrected chi connectivity index (χ0v) is 12.1. The van der Waals surface area contributed by atoms with Gasteiger partial charge < -0.3 is 5.11 Å². The maximum atomic E-state index is 14.1. The quantitative estimate of drug-likeness (QED) is 0.728. The first-order valence-electron chi connectivity index (χ1n) is 6.11. The van der Waals surface area contributed by atoms with Gasteiger partial charge in [0.2, 0.25) is 0 Å². The van der Waals surface area contributed by atoms with Gasteiger partial charge in [0, 0.05) is 10.6 Å².